The number of benzene rings is 2. The van der Waals surface area contributed by atoms with E-state index in [0.717, 1.165) is 16.5 Å². The van der Waals surface area contributed by atoms with Crippen molar-refractivity contribution in [3.63, 3.8) is 0 Å². The number of nitrogens with zero attached hydrogens (tertiary/aromatic N) is 2. The van der Waals surface area contributed by atoms with Crippen LogP contribution in [0.2, 0.25) is 0 Å². The molecular weight excluding hydrogens is 280 g/mol. The number of rotatable bonds is 3. The third-order valence-corrected chi connectivity index (χ3v) is 3.49. The van der Waals surface area contributed by atoms with Gasteiger partial charge in [0.25, 0.3) is 0 Å². The normalized spacial score (nSPS) is 11.7. The third kappa shape index (κ3) is 2.56. The maximum absolute atomic E-state index is 9.92. The predicted molar refractivity (Wildman–Crippen MR) is 83.5 cm³/mol. The summed E-state index contributed by atoms with van der Waals surface area (Å²) >= 11 is 0. The van der Waals surface area contributed by atoms with Crippen LogP contribution in [0.15, 0.2) is 59.9 Å². The molecule has 0 atom stereocenters. The van der Waals surface area contributed by atoms with Crippen molar-refractivity contribution in [3.8, 4) is 11.5 Å². The second-order valence-corrected chi connectivity index (χ2v) is 4.92. The zero-order chi connectivity index (χ0) is 15.5. The zero-order valence-electron chi connectivity index (χ0n) is 11.6. The van der Waals surface area contributed by atoms with Crippen molar-refractivity contribution in [1.29, 1.82) is 0 Å². The Hall–Kier alpha value is -3.08. The van der Waals surface area contributed by atoms with E-state index in [1.807, 2.05) is 30.3 Å². The number of para-hydroxylation sites is 1. The van der Waals surface area contributed by atoms with Crippen molar-refractivity contribution in [2.75, 3.05) is 0 Å². The lowest BCUT2D eigenvalue weighted by atomic mass is 9.99. The van der Waals surface area contributed by atoms with Crippen LogP contribution >= 0.6 is 0 Å². The number of pyridine rings is 1. The van der Waals surface area contributed by atoms with E-state index in [4.69, 9.17) is 0 Å². The SMILES string of the molecule is ON=C(Cc1cccc2cccnc12)c1ccc(O)cc1O. The molecule has 3 N–H and O–H groups in total. The predicted octanol–water partition coefficient (Wildman–Crippen LogP) is 3.07. The van der Waals surface area contributed by atoms with Gasteiger partial charge >= 0.3 is 0 Å². The van der Waals surface area contributed by atoms with E-state index in [-0.39, 0.29) is 11.5 Å². The molecule has 0 fully saturated rings. The van der Waals surface area contributed by atoms with Crippen LogP contribution in [-0.2, 0) is 6.42 Å². The standard InChI is InChI=1S/C17H14N2O3/c20-13-6-7-14(16(21)10-13)15(19-22)9-12-4-1-3-11-5-2-8-18-17(11)12/h1-8,10,20-22H,9H2. The minimum absolute atomic E-state index is 0.0506. The highest BCUT2D eigenvalue weighted by Gasteiger charge is 2.13. The van der Waals surface area contributed by atoms with Crippen LogP contribution in [0.4, 0.5) is 0 Å². The number of hydrogen-bond acceptors (Lipinski definition) is 5. The smallest absolute Gasteiger partial charge is 0.128 e. The first-order valence-electron chi connectivity index (χ1n) is 6.75. The van der Waals surface area contributed by atoms with Crippen molar-refractivity contribution < 1.29 is 15.4 Å². The summed E-state index contributed by atoms with van der Waals surface area (Å²) in [5.41, 5.74) is 2.38. The van der Waals surface area contributed by atoms with E-state index in [0.29, 0.717) is 17.7 Å². The van der Waals surface area contributed by atoms with Crippen molar-refractivity contribution >= 4 is 16.6 Å². The van der Waals surface area contributed by atoms with Crippen LogP contribution < -0.4 is 0 Å². The van der Waals surface area contributed by atoms with E-state index in [2.05, 4.69) is 10.1 Å². The van der Waals surface area contributed by atoms with Gasteiger partial charge in [-0.1, -0.05) is 29.4 Å². The fourth-order valence-electron chi connectivity index (χ4n) is 2.44. The molecule has 0 saturated heterocycles. The zero-order valence-corrected chi connectivity index (χ0v) is 11.6. The van der Waals surface area contributed by atoms with E-state index in [9.17, 15) is 15.4 Å². The molecule has 5 nitrogen and oxygen atoms in total. The van der Waals surface area contributed by atoms with Gasteiger partial charge in [0.1, 0.15) is 11.5 Å². The van der Waals surface area contributed by atoms with Crippen LogP contribution in [-0.4, -0.2) is 26.1 Å². The lowest BCUT2D eigenvalue weighted by molar-refractivity contribution is 0.318. The summed E-state index contributed by atoms with van der Waals surface area (Å²) in [6, 6.07) is 13.7. The Balaban J connectivity index is 2.02. The second-order valence-electron chi connectivity index (χ2n) is 4.92. The quantitative estimate of drug-likeness (QED) is 0.393. The Bertz CT molecular complexity index is 854. The average molecular weight is 294 g/mol. The van der Waals surface area contributed by atoms with Gasteiger partial charge in [0.05, 0.1) is 11.2 Å². The average Bonchev–Trinajstić information content (AvgIpc) is 2.53. The number of aromatic hydroxyl groups is 2. The molecule has 0 bridgehead atoms. The molecule has 3 rings (SSSR count). The highest BCUT2D eigenvalue weighted by Crippen LogP contribution is 2.25. The van der Waals surface area contributed by atoms with Gasteiger partial charge in [-0.2, -0.15) is 0 Å². The molecule has 0 amide bonds. The summed E-state index contributed by atoms with van der Waals surface area (Å²) in [7, 11) is 0. The molecule has 0 aliphatic heterocycles. The monoisotopic (exact) mass is 294 g/mol. The second kappa shape index (κ2) is 5.73. The molecule has 0 aliphatic rings. The topological polar surface area (TPSA) is 85.9 Å². The molecule has 2 aromatic carbocycles. The molecule has 0 aliphatic carbocycles. The van der Waals surface area contributed by atoms with Crippen molar-refractivity contribution in [3.05, 3.63) is 65.9 Å². The highest BCUT2D eigenvalue weighted by molar-refractivity contribution is 6.05. The highest BCUT2D eigenvalue weighted by atomic mass is 16.4. The Morgan fingerprint density at radius 2 is 1.86 bits per heavy atom. The molecule has 0 unspecified atom stereocenters. The lowest BCUT2D eigenvalue weighted by Crippen LogP contribution is -2.06. The van der Waals surface area contributed by atoms with Crippen molar-refractivity contribution in [2.45, 2.75) is 6.42 Å². The largest absolute Gasteiger partial charge is 0.508 e. The molecule has 1 aromatic heterocycles. The van der Waals surface area contributed by atoms with Crippen molar-refractivity contribution in [1.82, 2.24) is 4.98 Å². The number of phenolic OH excluding ortho intramolecular Hbond substituents is 2. The third-order valence-electron chi connectivity index (χ3n) is 3.49. The first-order chi connectivity index (χ1) is 10.7. The molecule has 0 radical (unpaired) electrons. The van der Waals surface area contributed by atoms with Crippen molar-refractivity contribution in [2.24, 2.45) is 5.16 Å². The minimum atomic E-state index is -0.138. The number of fused-ring (bicyclic) bond motifs is 1. The van der Waals surface area contributed by atoms with Gasteiger partial charge in [-0.05, 0) is 23.8 Å². The van der Waals surface area contributed by atoms with Gasteiger partial charge < -0.3 is 15.4 Å². The summed E-state index contributed by atoms with van der Waals surface area (Å²) in [5.74, 6) is -0.189. The molecule has 110 valence electrons. The fourth-order valence-corrected chi connectivity index (χ4v) is 2.44. The maximum Gasteiger partial charge on any atom is 0.128 e. The number of hydrogen-bond donors (Lipinski definition) is 3. The molecule has 0 saturated carbocycles. The summed E-state index contributed by atoms with van der Waals surface area (Å²) in [6.45, 7) is 0. The van der Waals surface area contributed by atoms with Gasteiger partial charge in [0, 0.05) is 29.6 Å². The number of phenols is 2. The molecule has 3 aromatic rings. The summed E-state index contributed by atoms with van der Waals surface area (Å²) < 4.78 is 0. The Labute approximate surface area is 126 Å². The van der Waals surface area contributed by atoms with Gasteiger partial charge in [0.15, 0.2) is 0 Å². The Morgan fingerprint density at radius 3 is 2.64 bits per heavy atom. The molecule has 0 spiro atoms. The van der Waals surface area contributed by atoms with E-state index < -0.39 is 0 Å². The first kappa shape index (κ1) is 13.9. The fraction of sp³-hybridized carbons (Fsp3) is 0.0588. The van der Waals surface area contributed by atoms with Gasteiger partial charge in [0.2, 0.25) is 0 Å². The first-order valence-corrected chi connectivity index (χ1v) is 6.75. The van der Waals surface area contributed by atoms with E-state index in [1.165, 1.54) is 18.2 Å². The Kier molecular flexibility index (Phi) is 3.62. The molecule has 1 heterocycles. The van der Waals surface area contributed by atoms with Crippen LogP contribution in [0, 0.1) is 0 Å². The lowest BCUT2D eigenvalue weighted by Gasteiger charge is -2.09. The van der Waals surface area contributed by atoms with Gasteiger partial charge in [-0.15, -0.1) is 0 Å². The van der Waals surface area contributed by atoms with E-state index in [1.54, 1.807) is 6.20 Å². The van der Waals surface area contributed by atoms with E-state index >= 15 is 0 Å². The van der Waals surface area contributed by atoms with Crippen LogP contribution in [0.1, 0.15) is 11.1 Å². The van der Waals surface area contributed by atoms with Crippen LogP contribution in [0.25, 0.3) is 10.9 Å². The number of aromatic nitrogens is 1. The minimum Gasteiger partial charge on any atom is -0.508 e. The summed E-state index contributed by atoms with van der Waals surface area (Å²) in [5, 5.41) is 32.9. The van der Waals surface area contributed by atoms with Gasteiger partial charge in [-0.3, -0.25) is 4.98 Å². The van der Waals surface area contributed by atoms with Crippen LogP contribution in [0.5, 0.6) is 11.5 Å². The van der Waals surface area contributed by atoms with Crippen LogP contribution in [0.3, 0.4) is 0 Å². The summed E-state index contributed by atoms with van der Waals surface area (Å²) in [6.07, 6.45) is 2.02. The maximum atomic E-state index is 9.92. The molecule has 5 heteroatoms. The Morgan fingerprint density at radius 1 is 1.05 bits per heavy atom. The molecule has 22 heavy (non-hydrogen) atoms. The molecular formula is C17H14N2O3. The number of oxime groups is 1. The summed E-state index contributed by atoms with van der Waals surface area (Å²) in [4.78, 5) is 4.36. The van der Waals surface area contributed by atoms with Gasteiger partial charge in [-0.25, -0.2) is 0 Å².